The van der Waals surface area contributed by atoms with Crippen LogP contribution in [-0.2, 0) is 16.9 Å². The van der Waals surface area contributed by atoms with Crippen LogP contribution in [0, 0.1) is 11.8 Å². The lowest BCUT2D eigenvalue weighted by Gasteiger charge is -2.55. The summed E-state index contributed by atoms with van der Waals surface area (Å²) in [4.78, 5) is 14.3. The Bertz CT molecular complexity index is 1070. The second-order valence-electron chi connectivity index (χ2n) is 8.68. The molecule has 2 unspecified atom stereocenters. The van der Waals surface area contributed by atoms with Crippen LogP contribution < -0.4 is 5.73 Å². The van der Waals surface area contributed by atoms with Gasteiger partial charge in [-0.15, -0.1) is 12.4 Å². The molecule has 1 saturated heterocycles. The molecule has 31 heavy (non-hydrogen) atoms. The van der Waals surface area contributed by atoms with Crippen LogP contribution in [0.2, 0.25) is 0 Å². The summed E-state index contributed by atoms with van der Waals surface area (Å²) in [5.41, 5.74) is 9.01. The molecule has 2 atom stereocenters. The summed E-state index contributed by atoms with van der Waals surface area (Å²) in [5.74, 6) is 0.344. The molecule has 2 fully saturated rings. The number of hydrogen-bond acceptors (Lipinski definition) is 4. The summed E-state index contributed by atoms with van der Waals surface area (Å²) in [7, 11) is 1.82. The van der Waals surface area contributed by atoms with Gasteiger partial charge in [-0.25, -0.2) is 0 Å². The van der Waals surface area contributed by atoms with Crippen LogP contribution in [0.4, 0.5) is 0 Å². The summed E-state index contributed by atoms with van der Waals surface area (Å²) in [6.07, 6.45) is 3.45. The van der Waals surface area contributed by atoms with Crippen molar-refractivity contribution in [3.63, 3.8) is 0 Å². The van der Waals surface area contributed by atoms with E-state index in [0.29, 0.717) is 17.4 Å². The number of ether oxygens (including phenoxy) is 1. The molecule has 2 bridgehead atoms. The Morgan fingerprint density at radius 2 is 1.94 bits per heavy atom. The SMILES string of the molecule is COC1(c2cccc(C(N)=O)c2)C2CCCC1CN(Cc1[nH]nc3ccccc13)C2.Cl. The lowest BCUT2D eigenvalue weighted by atomic mass is 9.62. The number of likely N-dealkylation sites (tertiary alicyclic amines) is 1. The minimum atomic E-state index is -0.392. The van der Waals surface area contributed by atoms with Gasteiger partial charge in [-0.05, 0) is 36.6 Å². The first-order chi connectivity index (χ1) is 14.6. The summed E-state index contributed by atoms with van der Waals surface area (Å²) in [6.45, 7) is 2.77. The van der Waals surface area contributed by atoms with Crippen molar-refractivity contribution in [2.24, 2.45) is 17.6 Å². The van der Waals surface area contributed by atoms with Crippen LogP contribution >= 0.6 is 12.4 Å². The predicted molar refractivity (Wildman–Crippen MR) is 123 cm³/mol. The first-order valence-corrected chi connectivity index (χ1v) is 10.7. The van der Waals surface area contributed by atoms with E-state index >= 15 is 0 Å². The van der Waals surface area contributed by atoms with Gasteiger partial charge >= 0.3 is 0 Å². The smallest absolute Gasteiger partial charge is 0.248 e. The van der Waals surface area contributed by atoms with Gasteiger partial charge in [0.15, 0.2) is 0 Å². The van der Waals surface area contributed by atoms with Crippen LogP contribution in [0.15, 0.2) is 48.5 Å². The summed E-state index contributed by atoms with van der Waals surface area (Å²) in [6, 6.07) is 16.0. The van der Waals surface area contributed by atoms with Crippen molar-refractivity contribution in [3.8, 4) is 0 Å². The van der Waals surface area contributed by atoms with Crippen molar-refractivity contribution in [2.45, 2.75) is 31.4 Å². The molecule has 1 amide bonds. The Kier molecular flexibility index (Phi) is 6.06. The number of primary amides is 1. The molecule has 2 aliphatic rings. The van der Waals surface area contributed by atoms with Crippen LogP contribution in [0.3, 0.4) is 0 Å². The summed E-state index contributed by atoms with van der Waals surface area (Å²) >= 11 is 0. The van der Waals surface area contributed by atoms with E-state index in [4.69, 9.17) is 10.5 Å². The third-order valence-electron chi connectivity index (χ3n) is 7.13. The molecule has 5 rings (SSSR count). The highest BCUT2D eigenvalue weighted by molar-refractivity contribution is 5.93. The number of carbonyl (C=O) groups is 1. The van der Waals surface area contributed by atoms with E-state index in [1.165, 1.54) is 17.5 Å². The number of para-hydroxylation sites is 1. The molecular formula is C24H29ClN4O2. The number of benzene rings is 2. The monoisotopic (exact) mass is 440 g/mol. The zero-order valence-corrected chi connectivity index (χ0v) is 18.5. The van der Waals surface area contributed by atoms with E-state index in [1.807, 2.05) is 31.4 Å². The van der Waals surface area contributed by atoms with E-state index in [2.05, 4.69) is 33.3 Å². The first-order valence-electron chi connectivity index (χ1n) is 10.7. The van der Waals surface area contributed by atoms with E-state index in [0.717, 1.165) is 43.6 Å². The number of aromatic nitrogens is 2. The number of aromatic amines is 1. The number of nitrogens with one attached hydrogen (secondary N) is 1. The Morgan fingerprint density at radius 3 is 2.65 bits per heavy atom. The Hall–Kier alpha value is -2.41. The van der Waals surface area contributed by atoms with Gasteiger partial charge in [0.05, 0.1) is 11.2 Å². The number of methoxy groups -OCH3 is 1. The van der Waals surface area contributed by atoms with Crippen molar-refractivity contribution in [1.29, 1.82) is 0 Å². The van der Waals surface area contributed by atoms with Gasteiger partial charge in [0.2, 0.25) is 5.91 Å². The fraction of sp³-hybridized carbons (Fsp3) is 0.417. The zero-order chi connectivity index (χ0) is 20.7. The molecule has 3 N–H and O–H groups in total. The van der Waals surface area contributed by atoms with Gasteiger partial charge in [0.1, 0.15) is 5.60 Å². The molecule has 1 aromatic heterocycles. The third-order valence-corrected chi connectivity index (χ3v) is 7.13. The number of carbonyl (C=O) groups excluding carboxylic acids is 1. The van der Waals surface area contributed by atoms with Crippen LogP contribution in [-0.4, -0.2) is 41.2 Å². The molecular weight excluding hydrogens is 412 g/mol. The maximum Gasteiger partial charge on any atom is 0.248 e. The topological polar surface area (TPSA) is 84.2 Å². The van der Waals surface area contributed by atoms with Crippen LogP contribution in [0.1, 0.15) is 40.9 Å². The number of amides is 1. The standard InChI is InChI=1S/C24H28N4O2.ClH/c1-30-24(17-7-4-6-16(12-17)23(25)29)18-8-5-9-19(24)14-28(13-18)15-22-20-10-2-3-11-21(20)26-27-22;/h2-4,6-7,10-12,18-19H,5,8-9,13-15H2,1H3,(H2,25,29)(H,26,27);1H. The number of fused-ring (bicyclic) bond motifs is 3. The van der Waals surface area contributed by atoms with E-state index in [-0.39, 0.29) is 18.0 Å². The highest BCUT2D eigenvalue weighted by Crippen LogP contribution is 2.51. The number of hydrogen-bond donors (Lipinski definition) is 2. The number of nitrogens with two attached hydrogens (primary N) is 1. The molecule has 3 aromatic rings. The molecule has 1 aliphatic carbocycles. The number of rotatable bonds is 5. The average molecular weight is 441 g/mol. The molecule has 1 aliphatic heterocycles. The van der Waals surface area contributed by atoms with E-state index in [1.54, 1.807) is 6.07 Å². The third kappa shape index (κ3) is 3.63. The van der Waals surface area contributed by atoms with Gasteiger partial charge in [-0.3, -0.25) is 14.8 Å². The normalized spacial score (nSPS) is 25.8. The fourth-order valence-corrected chi connectivity index (χ4v) is 5.85. The van der Waals surface area contributed by atoms with Gasteiger partial charge in [-0.1, -0.05) is 36.8 Å². The van der Waals surface area contributed by atoms with Crippen molar-refractivity contribution >= 4 is 29.2 Å². The van der Waals surface area contributed by atoms with Crippen molar-refractivity contribution in [1.82, 2.24) is 15.1 Å². The molecule has 0 spiro atoms. The number of H-pyrrole nitrogens is 1. The Balaban J connectivity index is 0.00000231. The number of piperidine rings is 1. The molecule has 2 heterocycles. The lowest BCUT2D eigenvalue weighted by molar-refractivity contribution is -0.170. The molecule has 164 valence electrons. The van der Waals surface area contributed by atoms with E-state index < -0.39 is 5.91 Å². The molecule has 2 aromatic carbocycles. The molecule has 7 heteroatoms. The van der Waals surface area contributed by atoms with Crippen LogP contribution in [0.25, 0.3) is 10.9 Å². The Morgan fingerprint density at radius 1 is 1.19 bits per heavy atom. The summed E-state index contributed by atoms with van der Waals surface area (Å²) in [5, 5.41) is 8.89. The van der Waals surface area contributed by atoms with Gasteiger partial charge in [0, 0.05) is 49.5 Å². The van der Waals surface area contributed by atoms with E-state index in [9.17, 15) is 4.79 Å². The second kappa shape index (κ2) is 8.61. The zero-order valence-electron chi connectivity index (χ0n) is 17.7. The molecule has 1 saturated carbocycles. The lowest BCUT2D eigenvalue weighted by Crippen LogP contribution is -2.58. The van der Waals surface area contributed by atoms with Crippen molar-refractivity contribution in [3.05, 3.63) is 65.4 Å². The maximum absolute atomic E-state index is 11.8. The quantitative estimate of drug-likeness (QED) is 0.631. The highest BCUT2D eigenvalue weighted by atomic mass is 35.5. The fourth-order valence-electron chi connectivity index (χ4n) is 5.85. The van der Waals surface area contributed by atoms with Crippen molar-refractivity contribution < 1.29 is 9.53 Å². The van der Waals surface area contributed by atoms with Gasteiger partial charge in [-0.2, -0.15) is 5.10 Å². The second-order valence-corrected chi connectivity index (χ2v) is 8.68. The number of nitrogens with zero attached hydrogens (tertiary/aromatic N) is 2. The molecule has 6 nitrogen and oxygen atoms in total. The highest BCUT2D eigenvalue weighted by Gasteiger charge is 2.53. The summed E-state index contributed by atoms with van der Waals surface area (Å²) < 4.78 is 6.32. The van der Waals surface area contributed by atoms with Gasteiger partial charge < -0.3 is 10.5 Å². The predicted octanol–water partition coefficient (Wildman–Crippen LogP) is 3.86. The molecule has 0 radical (unpaired) electrons. The van der Waals surface area contributed by atoms with Gasteiger partial charge in [0.25, 0.3) is 0 Å². The van der Waals surface area contributed by atoms with Crippen LogP contribution in [0.5, 0.6) is 0 Å². The number of halogens is 1. The minimum absolute atomic E-state index is 0. The minimum Gasteiger partial charge on any atom is -0.373 e. The first kappa shape index (κ1) is 21.8. The maximum atomic E-state index is 11.8. The van der Waals surface area contributed by atoms with Crippen molar-refractivity contribution in [2.75, 3.05) is 20.2 Å². The largest absolute Gasteiger partial charge is 0.373 e. The average Bonchev–Trinajstić information content (AvgIpc) is 3.16. The Labute approximate surface area is 188 Å².